The molecule has 2 aromatic rings. The van der Waals surface area contributed by atoms with E-state index >= 15 is 0 Å². The zero-order valence-electron chi connectivity index (χ0n) is 12.7. The number of phosphoric ester groups is 1. The second-order valence-corrected chi connectivity index (χ2v) is 6.72. The highest BCUT2D eigenvalue weighted by Gasteiger charge is 2.40. The van der Waals surface area contributed by atoms with Crippen LogP contribution in [0.3, 0.4) is 0 Å². The molecule has 1 aromatic carbocycles. The lowest BCUT2D eigenvalue weighted by molar-refractivity contribution is 0.284. The zero-order valence-corrected chi connectivity index (χ0v) is 13.6. The zero-order chi connectivity index (χ0) is 17.6. The molecule has 0 saturated heterocycles. The second kappa shape index (κ2) is 5.78. The van der Waals surface area contributed by atoms with E-state index < -0.39 is 18.4 Å². The minimum Gasteiger partial charge on any atom is -0.404 e. The van der Waals surface area contributed by atoms with Gasteiger partial charge in [-0.2, -0.15) is 0 Å². The van der Waals surface area contributed by atoms with E-state index in [2.05, 4.69) is 4.98 Å². The minimum atomic E-state index is -4.77. The summed E-state index contributed by atoms with van der Waals surface area (Å²) in [6.45, 7) is 0. The molecule has 0 aliphatic carbocycles. The Kier molecular flexibility index (Phi) is 4.59. The van der Waals surface area contributed by atoms with E-state index in [4.69, 9.17) is 45.7 Å². The maximum atomic E-state index is 11.2. The average molecular weight is 323 g/mol. The van der Waals surface area contributed by atoms with E-state index in [1.54, 1.807) is 26.2 Å². The number of benzene rings is 1. The summed E-state index contributed by atoms with van der Waals surface area (Å²) >= 11 is 0. The quantitative estimate of drug-likeness (QED) is 0.519. The van der Waals surface area contributed by atoms with Crippen molar-refractivity contribution < 1.29 is 18.9 Å². The summed E-state index contributed by atoms with van der Waals surface area (Å²) in [5, 5.41) is -3.09. The van der Waals surface area contributed by atoms with Gasteiger partial charge >= 0.3 is 7.82 Å². The monoisotopic (exact) mass is 324 g/mol. The first-order valence-electron chi connectivity index (χ1n) is 6.56. The molecular formula is C12H13B4N2O4P. The maximum absolute atomic E-state index is 11.2. The molecule has 23 heavy (non-hydrogen) atoms. The molecule has 1 aromatic heterocycles. The number of nitrogens with one attached hydrogen (secondary N) is 1. The molecule has 8 radical (unpaired) electrons. The number of H-pyrrole nitrogens is 1. The van der Waals surface area contributed by atoms with Gasteiger partial charge in [0.05, 0.1) is 31.4 Å². The van der Waals surface area contributed by atoms with Crippen molar-refractivity contribution in [3.63, 3.8) is 0 Å². The fourth-order valence-electron chi connectivity index (χ4n) is 2.27. The summed E-state index contributed by atoms with van der Waals surface area (Å²) in [5.41, 5.74) is 0.774. The number of rotatable bonds is 5. The Balaban J connectivity index is 2.69. The Hall–Kier alpha value is -1.07. The van der Waals surface area contributed by atoms with Gasteiger partial charge in [-0.3, -0.25) is 9.79 Å². The van der Waals surface area contributed by atoms with Gasteiger partial charge in [0, 0.05) is 17.1 Å². The predicted octanol–water partition coefficient (Wildman–Crippen LogP) is -0.318. The Morgan fingerprint density at radius 3 is 2.35 bits per heavy atom. The van der Waals surface area contributed by atoms with Gasteiger partial charge in [-0.25, -0.2) is 4.57 Å². The standard InChI is InChI=1S/C12H13B4N2O4P/c1-18(2)12(15,16)11(13,14)7-6-17-8-4-3-5-9(10(7)8)22-23(19,20)21/h3-6,17H,1-2H3,(H2,19,20,21). The lowest BCUT2D eigenvalue weighted by atomic mass is 9.31. The summed E-state index contributed by atoms with van der Waals surface area (Å²) in [5.74, 6) is -0.0816. The predicted molar refractivity (Wildman–Crippen MR) is 92.1 cm³/mol. The minimum absolute atomic E-state index is 0.0816. The van der Waals surface area contributed by atoms with Gasteiger partial charge in [-0.15, -0.1) is 0 Å². The first-order chi connectivity index (χ1) is 10.4. The highest BCUT2D eigenvalue weighted by atomic mass is 31.2. The summed E-state index contributed by atoms with van der Waals surface area (Å²) in [6, 6.07) is 4.62. The van der Waals surface area contributed by atoms with Crippen molar-refractivity contribution >= 4 is 50.1 Å². The summed E-state index contributed by atoms with van der Waals surface area (Å²) in [4.78, 5) is 22.5. The van der Waals surface area contributed by atoms with Crippen LogP contribution in [0, 0.1) is 0 Å². The van der Waals surface area contributed by atoms with Crippen LogP contribution in [0.4, 0.5) is 0 Å². The third-order valence-electron chi connectivity index (χ3n) is 3.73. The van der Waals surface area contributed by atoms with Gasteiger partial charge in [0.15, 0.2) is 0 Å². The first kappa shape index (κ1) is 18.3. The fraction of sp³-hybridized carbons (Fsp3) is 0.333. The number of fused-ring (bicyclic) bond motifs is 1. The molecule has 3 N–H and O–H groups in total. The van der Waals surface area contributed by atoms with Gasteiger partial charge < -0.3 is 14.4 Å². The molecule has 0 fully saturated rings. The van der Waals surface area contributed by atoms with E-state index in [9.17, 15) is 4.57 Å². The third kappa shape index (κ3) is 3.26. The Morgan fingerprint density at radius 1 is 1.22 bits per heavy atom. The Labute approximate surface area is 139 Å². The van der Waals surface area contributed by atoms with Crippen molar-refractivity contribution in [2.24, 2.45) is 0 Å². The lowest BCUT2D eigenvalue weighted by Crippen LogP contribution is -2.62. The van der Waals surface area contributed by atoms with Crippen molar-refractivity contribution in [2.75, 3.05) is 14.1 Å². The summed E-state index contributed by atoms with van der Waals surface area (Å²) in [6.07, 6.45) is 1.48. The average Bonchev–Trinajstić information content (AvgIpc) is 2.82. The first-order valence-corrected chi connectivity index (χ1v) is 8.09. The molecule has 0 unspecified atom stereocenters. The van der Waals surface area contributed by atoms with Crippen LogP contribution in [-0.4, -0.2) is 70.5 Å². The van der Waals surface area contributed by atoms with Crippen molar-refractivity contribution in [1.29, 1.82) is 0 Å². The van der Waals surface area contributed by atoms with E-state index in [1.807, 2.05) is 0 Å². The van der Waals surface area contributed by atoms with E-state index in [1.165, 1.54) is 17.2 Å². The van der Waals surface area contributed by atoms with Crippen LogP contribution in [0.1, 0.15) is 5.56 Å². The van der Waals surface area contributed by atoms with Gasteiger partial charge in [-0.05, 0) is 31.8 Å². The Morgan fingerprint density at radius 2 is 1.83 bits per heavy atom. The van der Waals surface area contributed by atoms with Crippen LogP contribution in [0.15, 0.2) is 24.4 Å². The number of aromatic nitrogens is 1. The molecule has 0 saturated carbocycles. The topological polar surface area (TPSA) is 85.8 Å². The maximum Gasteiger partial charge on any atom is 0.524 e. The second-order valence-electron chi connectivity index (χ2n) is 5.55. The molecule has 0 atom stereocenters. The molecular weight excluding hydrogens is 310 g/mol. The molecule has 0 bridgehead atoms. The van der Waals surface area contributed by atoms with E-state index in [0.717, 1.165) is 0 Å². The molecule has 0 amide bonds. The number of likely N-dealkylation sites (N-methyl/N-ethyl adjacent to an activating group) is 1. The summed E-state index contributed by atoms with van der Waals surface area (Å²) < 4.78 is 15.9. The largest absolute Gasteiger partial charge is 0.524 e. The fourth-order valence-corrected chi connectivity index (χ4v) is 2.68. The van der Waals surface area contributed by atoms with Crippen LogP contribution in [0.25, 0.3) is 10.9 Å². The normalized spacial score (nSPS) is 13.6. The van der Waals surface area contributed by atoms with Crippen LogP contribution < -0.4 is 4.52 Å². The van der Waals surface area contributed by atoms with Gasteiger partial charge in [-0.1, -0.05) is 16.6 Å². The highest BCUT2D eigenvalue weighted by molar-refractivity contribution is 7.46. The van der Waals surface area contributed by atoms with Crippen molar-refractivity contribution in [1.82, 2.24) is 9.88 Å². The van der Waals surface area contributed by atoms with Crippen molar-refractivity contribution in [2.45, 2.75) is 10.6 Å². The van der Waals surface area contributed by atoms with Gasteiger partial charge in [0.2, 0.25) is 0 Å². The highest BCUT2D eigenvalue weighted by Crippen LogP contribution is 2.44. The number of phosphoric acid groups is 1. The van der Waals surface area contributed by atoms with Crippen LogP contribution >= 0.6 is 7.82 Å². The molecule has 0 aliphatic heterocycles. The molecule has 2 rings (SSSR count). The molecule has 1 heterocycles. The number of aromatic amines is 1. The number of nitrogens with zero attached hydrogens (tertiary/aromatic N) is 1. The molecule has 0 aliphatic rings. The molecule has 6 nitrogen and oxygen atoms in total. The van der Waals surface area contributed by atoms with Crippen LogP contribution in [-0.2, 0) is 9.78 Å². The SMILES string of the molecule is [B]C([B])(c1c[nH]c2cccc(OP(=O)(O)O)c12)C([B])([B])N(C)C. The molecule has 11 heteroatoms. The number of hydrogen-bond donors (Lipinski definition) is 3. The van der Waals surface area contributed by atoms with E-state index in [0.29, 0.717) is 10.9 Å². The van der Waals surface area contributed by atoms with E-state index in [-0.39, 0.29) is 11.3 Å². The van der Waals surface area contributed by atoms with Crippen LogP contribution in [0.2, 0.25) is 0 Å². The van der Waals surface area contributed by atoms with Crippen molar-refractivity contribution in [3.05, 3.63) is 30.0 Å². The van der Waals surface area contributed by atoms with Gasteiger partial charge in [0.1, 0.15) is 5.75 Å². The molecule has 112 valence electrons. The molecule has 0 spiro atoms. The lowest BCUT2D eigenvalue weighted by Gasteiger charge is -2.49. The smallest absolute Gasteiger partial charge is 0.404 e. The number of hydrogen-bond acceptors (Lipinski definition) is 3. The van der Waals surface area contributed by atoms with Crippen molar-refractivity contribution in [3.8, 4) is 5.75 Å². The summed E-state index contributed by atoms with van der Waals surface area (Å²) in [7, 11) is 22.9. The van der Waals surface area contributed by atoms with Crippen LogP contribution in [0.5, 0.6) is 5.75 Å². The Bertz CT molecular complexity index is 772. The third-order valence-corrected chi connectivity index (χ3v) is 4.17. The van der Waals surface area contributed by atoms with Gasteiger partial charge in [0.25, 0.3) is 0 Å².